The zero-order chi connectivity index (χ0) is 10.7. The zero-order valence-corrected chi connectivity index (χ0v) is 8.49. The number of halogens is 1. The number of hydrogen-bond acceptors (Lipinski definition) is 3. The van der Waals surface area contributed by atoms with Crippen molar-refractivity contribution in [1.29, 1.82) is 0 Å². The summed E-state index contributed by atoms with van der Waals surface area (Å²) < 4.78 is 12.5. The lowest BCUT2D eigenvalue weighted by Crippen LogP contribution is -2.28. The van der Waals surface area contributed by atoms with Crippen LogP contribution < -0.4 is 5.32 Å². The van der Waals surface area contributed by atoms with Crippen molar-refractivity contribution < 1.29 is 9.50 Å². The Morgan fingerprint density at radius 1 is 1.27 bits per heavy atom. The Balaban J connectivity index is 1.89. The van der Waals surface area contributed by atoms with Crippen molar-refractivity contribution in [2.24, 2.45) is 0 Å². The van der Waals surface area contributed by atoms with Crippen LogP contribution in [0.5, 0.6) is 0 Å². The highest BCUT2D eigenvalue weighted by molar-refractivity contribution is 5.41. The first-order chi connectivity index (χ1) is 7.24. The molecule has 0 atom stereocenters. The monoisotopic (exact) mass is 210 g/mol. The Morgan fingerprint density at radius 3 is 2.60 bits per heavy atom. The van der Waals surface area contributed by atoms with Crippen molar-refractivity contribution in [3.05, 3.63) is 24.3 Å². The fourth-order valence-corrected chi connectivity index (χ4v) is 1.92. The third kappa shape index (κ3) is 2.89. The molecule has 1 aromatic rings. The van der Waals surface area contributed by atoms with Gasteiger partial charge in [-0.05, 0) is 37.8 Å². The second-order valence-electron chi connectivity index (χ2n) is 4.02. The second kappa shape index (κ2) is 4.57. The first-order valence-corrected chi connectivity index (χ1v) is 5.30. The van der Waals surface area contributed by atoms with Crippen molar-refractivity contribution in [1.82, 2.24) is 4.98 Å². The minimum absolute atomic E-state index is 0.144. The van der Waals surface area contributed by atoms with Gasteiger partial charge in [-0.1, -0.05) is 0 Å². The second-order valence-corrected chi connectivity index (χ2v) is 4.02. The molecule has 3 nitrogen and oxygen atoms in total. The summed E-state index contributed by atoms with van der Waals surface area (Å²) in [7, 11) is 0. The first-order valence-electron chi connectivity index (χ1n) is 5.30. The Kier molecular flexibility index (Phi) is 3.16. The molecule has 1 aliphatic rings. The number of nitrogens with one attached hydrogen (secondary N) is 1. The summed E-state index contributed by atoms with van der Waals surface area (Å²) in [6.07, 6.45) is 4.95. The SMILES string of the molecule is OC1CCC(Nc2ccc(F)nc2)CC1. The van der Waals surface area contributed by atoms with Gasteiger partial charge in [0.15, 0.2) is 0 Å². The molecule has 1 saturated carbocycles. The number of aliphatic hydroxyl groups is 1. The van der Waals surface area contributed by atoms with Crippen molar-refractivity contribution in [2.45, 2.75) is 37.8 Å². The van der Waals surface area contributed by atoms with Crippen LogP contribution in [0.25, 0.3) is 0 Å². The molecule has 0 radical (unpaired) electrons. The number of aromatic nitrogens is 1. The van der Waals surface area contributed by atoms with E-state index in [0.29, 0.717) is 6.04 Å². The summed E-state index contributed by atoms with van der Waals surface area (Å²) in [6, 6.07) is 3.41. The fraction of sp³-hybridized carbons (Fsp3) is 0.545. The van der Waals surface area contributed by atoms with E-state index in [9.17, 15) is 9.50 Å². The van der Waals surface area contributed by atoms with Gasteiger partial charge in [0.25, 0.3) is 0 Å². The molecule has 15 heavy (non-hydrogen) atoms. The zero-order valence-electron chi connectivity index (χ0n) is 8.49. The van der Waals surface area contributed by atoms with Crippen LogP contribution in [-0.4, -0.2) is 22.2 Å². The van der Waals surface area contributed by atoms with Crippen molar-refractivity contribution >= 4 is 5.69 Å². The lowest BCUT2D eigenvalue weighted by molar-refractivity contribution is 0.126. The molecule has 0 aliphatic heterocycles. The van der Waals surface area contributed by atoms with Crippen molar-refractivity contribution in [2.75, 3.05) is 5.32 Å². The summed E-state index contributed by atoms with van der Waals surface area (Å²) in [5.74, 6) is -0.459. The van der Waals surface area contributed by atoms with Crippen LogP contribution in [0.3, 0.4) is 0 Å². The van der Waals surface area contributed by atoms with Crippen LogP contribution in [0, 0.1) is 5.95 Å². The summed E-state index contributed by atoms with van der Waals surface area (Å²) in [4.78, 5) is 3.58. The van der Waals surface area contributed by atoms with Crippen LogP contribution in [0.2, 0.25) is 0 Å². The largest absolute Gasteiger partial charge is 0.393 e. The van der Waals surface area contributed by atoms with Gasteiger partial charge < -0.3 is 10.4 Å². The highest BCUT2D eigenvalue weighted by Crippen LogP contribution is 2.21. The molecule has 0 saturated heterocycles. The molecule has 0 bridgehead atoms. The summed E-state index contributed by atoms with van der Waals surface area (Å²) in [5.41, 5.74) is 0.845. The Hall–Kier alpha value is -1.16. The smallest absolute Gasteiger partial charge is 0.212 e. The number of anilines is 1. The predicted molar refractivity (Wildman–Crippen MR) is 56.1 cm³/mol. The number of pyridine rings is 1. The van der Waals surface area contributed by atoms with E-state index in [1.807, 2.05) is 0 Å². The maximum atomic E-state index is 12.5. The molecule has 2 N–H and O–H groups in total. The molecule has 4 heteroatoms. The Labute approximate surface area is 88.3 Å². The lowest BCUT2D eigenvalue weighted by Gasteiger charge is -2.26. The first kappa shape index (κ1) is 10.4. The van der Waals surface area contributed by atoms with E-state index in [1.165, 1.54) is 12.3 Å². The van der Waals surface area contributed by atoms with Crippen molar-refractivity contribution in [3.8, 4) is 0 Å². The lowest BCUT2D eigenvalue weighted by atomic mass is 9.93. The molecule has 0 unspecified atom stereocenters. The fourth-order valence-electron chi connectivity index (χ4n) is 1.92. The van der Waals surface area contributed by atoms with Gasteiger partial charge in [-0.3, -0.25) is 0 Å². The average molecular weight is 210 g/mol. The van der Waals surface area contributed by atoms with E-state index < -0.39 is 5.95 Å². The molecular weight excluding hydrogens is 195 g/mol. The third-order valence-corrected chi connectivity index (χ3v) is 2.79. The van der Waals surface area contributed by atoms with Crippen LogP contribution in [0.4, 0.5) is 10.1 Å². The molecule has 1 aliphatic carbocycles. The quantitative estimate of drug-likeness (QED) is 0.733. The van der Waals surface area contributed by atoms with Gasteiger partial charge >= 0.3 is 0 Å². The molecule has 1 fully saturated rings. The maximum Gasteiger partial charge on any atom is 0.212 e. The van der Waals surface area contributed by atoms with E-state index in [0.717, 1.165) is 31.4 Å². The summed E-state index contributed by atoms with van der Waals surface area (Å²) in [6.45, 7) is 0. The van der Waals surface area contributed by atoms with E-state index >= 15 is 0 Å². The summed E-state index contributed by atoms with van der Waals surface area (Å²) in [5, 5.41) is 12.6. The Morgan fingerprint density at radius 2 is 2.00 bits per heavy atom. The van der Waals surface area contributed by atoms with E-state index in [1.54, 1.807) is 6.07 Å². The molecule has 82 valence electrons. The minimum Gasteiger partial charge on any atom is -0.393 e. The molecule has 1 aromatic heterocycles. The highest BCUT2D eigenvalue weighted by atomic mass is 19.1. The third-order valence-electron chi connectivity index (χ3n) is 2.79. The molecule has 0 aromatic carbocycles. The number of rotatable bonds is 2. The van der Waals surface area contributed by atoms with E-state index in [-0.39, 0.29) is 6.10 Å². The summed E-state index contributed by atoms with van der Waals surface area (Å²) >= 11 is 0. The van der Waals surface area contributed by atoms with Crippen LogP contribution in [0.15, 0.2) is 18.3 Å². The molecular formula is C11H15FN2O. The maximum absolute atomic E-state index is 12.5. The topological polar surface area (TPSA) is 45.1 Å². The van der Waals surface area contributed by atoms with Crippen LogP contribution >= 0.6 is 0 Å². The van der Waals surface area contributed by atoms with Gasteiger partial charge in [-0.2, -0.15) is 4.39 Å². The minimum atomic E-state index is -0.459. The number of nitrogens with zero attached hydrogens (tertiary/aromatic N) is 1. The van der Waals surface area contributed by atoms with Gasteiger partial charge in [0.05, 0.1) is 18.0 Å². The van der Waals surface area contributed by atoms with Gasteiger partial charge in [0.1, 0.15) is 0 Å². The van der Waals surface area contributed by atoms with Crippen LogP contribution in [0.1, 0.15) is 25.7 Å². The highest BCUT2D eigenvalue weighted by Gasteiger charge is 2.18. The van der Waals surface area contributed by atoms with Gasteiger partial charge in [0.2, 0.25) is 5.95 Å². The van der Waals surface area contributed by atoms with Crippen LogP contribution in [-0.2, 0) is 0 Å². The van der Waals surface area contributed by atoms with Gasteiger partial charge in [0, 0.05) is 6.04 Å². The predicted octanol–water partition coefficient (Wildman–Crippen LogP) is 1.94. The normalized spacial score (nSPS) is 26.3. The van der Waals surface area contributed by atoms with E-state index in [4.69, 9.17) is 0 Å². The average Bonchev–Trinajstić information content (AvgIpc) is 2.25. The standard InChI is InChI=1S/C11H15FN2O/c12-11-6-3-9(7-13-11)14-8-1-4-10(15)5-2-8/h3,6-8,10,14-15H,1-2,4-5H2. The van der Waals surface area contributed by atoms with Crippen molar-refractivity contribution in [3.63, 3.8) is 0 Å². The molecule has 1 heterocycles. The Bertz CT molecular complexity index is 307. The molecule has 0 spiro atoms. The van der Waals surface area contributed by atoms with Gasteiger partial charge in [-0.25, -0.2) is 4.98 Å². The number of hydrogen-bond donors (Lipinski definition) is 2. The number of aliphatic hydroxyl groups excluding tert-OH is 1. The van der Waals surface area contributed by atoms with E-state index in [2.05, 4.69) is 10.3 Å². The van der Waals surface area contributed by atoms with Gasteiger partial charge in [-0.15, -0.1) is 0 Å². The molecule has 0 amide bonds. The molecule has 2 rings (SSSR count).